The Balaban J connectivity index is 2.11. The number of hydrogen-bond donors (Lipinski definition) is 1. The number of thiophene rings is 1. The first-order chi connectivity index (χ1) is 9.04. The molecular formula is C15H16N2S2. The topological polar surface area (TPSA) is 20.7 Å². The summed E-state index contributed by atoms with van der Waals surface area (Å²) in [5.41, 5.74) is 4.92. The van der Waals surface area contributed by atoms with Crippen LogP contribution < -0.4 is 0 Å². The van der Waals surface area contributed by atoms with Crippen LogP contribution in [0, 0.1) is 25.5 Å². The lowest BCUT2D eigenvalue weighted by Crippen LogP contribution is -1.97. The maximum absolute atomic E-state index is 5.45. The van der Waals surface area contributed by atoms with Crippen LogP contribution in [0.15, 0.2) is 24.3 Å². The molecule has 0 spiro atoms. The largest absolute Gasteiger partial charge is 0.331 e. The Morgan fingerprint density at radius 3 is 2.68 bits per heavy atom. The highest BCUT2D eigenvalue weighted by Crippen LogP contribution is 2.24. The van der Waals surface area contributed by atoms with Gasteiger partial charge in [0.2, 0.25) is 0 Å². The molecule has 0 bridgehead atoms. The average molecular weight is 288 g/mol. The summed E-state index contributed by atoms with van der Waals surface area (Å²) in [5, 5.41) is 0. The lowest BCUT2D eigenvalue weighted by molar-refractivity contribution is 0.822. The Hall–Kier alpha value is -1.39. The Kier molecular flexibility index (Phi) is 3.07. The molecule has 0 radical (unpaired) electrons. The molecule has 1 N–H and O–H groups in total. The molecule has 0 fully saturated rings. The molecule has 98 valence electrons. The maximum atomic E-state index is 5.45. The summed E-state index contributed by atoms with van der Waals surface area (Å²) in [6.07, 6.45) is 0. The van der Waals surface area contributed by atoms with Crippen LogP contribution in [-0.2, 0) is 6.54 Å². The van der Waals surface area contributed by atoms with Gasteiger partial charge in [0.1, 0.15) is 0 Å². The fraction of sp³-hybridized carbons (Fsp3) is 0.267. The van der Waals surface area contributed by atoms with E-state index in [0.29, 0.717) is 0 Å². The third-order valence-electron chi connectivity index (χ3n) is 3.46. The van der Waals surface area contributed by atoms with E-state index in [1.807, 2.05) is 11.3 Å². The van der Waals surface area contributed by atoms with E-state index in [1.165, 1.54) is 26.4 Å². The fourth-order valence-electron chi connectivity index (χ4n) is 2.30. The van der Waals surface area contributed by atoms with Gasteiger partial charge in [-0.1, -0.05) is 6.07 Å². The quantitative estimate of drug-likeness (QED) is 0.676. The molecule has 0 saturated carbocycles. The molecule has 0 amide bonds. The summed E-state index contributed by atoms with van der Waals surface area (Å²) < 4.78 is 2.98. The standard InChI is InChI=1S/C15H16N2S2/c1-9-4-5-13-14(6-9)17(15(18)16-13)8-12-7-10(2)11(3)19-12/h4-7H,8H2,1-3H3,(H,16,18). The van der Waals surface area contributed by atoms with Crippen LogP contribution in [0.4, 0.5) is 0 Å². The lowest BCUT2D eigenvalue weighted by atomic mass is 10.2. The van der Waals surface area contributed by atoms with Gasteiger partial charge in [-0.2, -0.15) is 0 Å². The first-order valence-electron chi connectivity index (χ1n) is 6.29. The van der Waals surface area contributed by atoms with Gasteiger partial charge in [-0.15, -0.1) is 11.3 Å². The van der Waals surface area contributed by atoms with Crippen LogP contribution in [0.3, 0.4) is 0 Å². The van der Waals surface area contributed by atoms with E-state index in [0.717, 1.165) is 16.8 Å². The van der Waals surface area contributed by atoms with E-state index < -0.39 is 0 Å². The van der Waals surface area contributed by atoms with E-state index in [9.17, 15) is 0 Å². The molecule has 0 atom stereocenters. The van der Waals surface area contributed by atoms with Gasteiger partial charge in [-0.3, -0.25) is 0 Å². The Morgan fingerprint density at radius 1 is 1.21 bits per heavy atom. The van der Waals surface area contributed by atoms with Gasteiger partial charge in [0.25, 0.3) is 0 Å². The molecule has 19 heavy (non-hydrogen) atoms. The molecule has 2 heterocycles. The number of fused-ring (bicyclic) bond motifs is 1. The van der Waals surface area contributed by atoms with Crippen LogP contribution in [0.25, 0.3) is 11.0 Å². The maximum Gasteiger partial charge on any atom is 0.178 e. The summed E-state index contributed by atoms with van der Waals surface area (Å²) in [7, 11) is 0. The van der Waals surface area contributed by atoms with Crippen molar-refractivity contribution in [2.75, 3.05) is 0 Å². The molecule has 4 heteroatoms. The van der Waals surface area contributed by atoms with Crippen LogP contribution in [-0.4, -0.2) is 9.55 Å². The van der Waals surface area contributed by atoms with Crippen molar-refractivity contribution in [1.82, 2.24) is 9.55 Å². The molecule has 0 aliphatic heterocycles. The summed E-state index contributed by atoms with van der Waals surface area (Å²) in [6, 6.07) is 8.66. The van der Waals surface area contributed by atoms with Crippen LogP contribution in [0.5, 0.6) is 0 Å². The molecule has 0 saturated heterocycles. The molecule has 3 aromatic rings. The second kappa shape index (κ2) is 4.62. The zero-order valence-electron chi connectivity index (χ0n) is 11.3. The number of rotatable bonds is 2. The Morgan fingerprint density at radius 2 is 2.00 bits per heavy atom. The average Bonchev–Trinajstić information content (AvgIpc) is 2.82. The number of benzene rings is 1. The molecule has 0 aliphatic rings. The molecule has 0 unspecified atom stereocenters. The van der Waals surface area contributed by atoms with Crippen molar-refractivity contribution in [2.24, 2.45) is 0 Å². The van der Waals surface area contributed by atoms with Crippen molar-refractivity contribution >= 4 is 34.6 Å². The molecule has 0 aliphatic carbocycles. The van der Waals surface area contributed by atoms with Crippen molar-refractivity contribution in [3.05, 3.63) is 49.9 Å². The molecule has 2 nitrogen and oxygen atoms in total. The monoisotopic (exact) mass is 288 g/mol. The summed E-state index contributed by atoms with van der Waals surface area (Å²) in [5.74, 6) is 0. The van der Waals surface area contributed by atoms with Crippen LogP contribution >= 0.6 is 23.6 Å². The van der Waals surface area contributed by atoms with E-state index in [1.54, 1.807) is 0 Å². The van der Waals surface area contributed by atoms with Gasteiger partial charge in [0, 0.05) is 9.75 Å². The predicted octanol–water partition coefficient (Wildman–Crippen LogP) is 4.73. The van der Waals surface area contributed by atoms with E-state index >= 15 is 0 Å². The highest BCUT2D eigenvalue weighted by atomic mass is 32.1. The zero-order valence-corrected chi connectivity index (χ0v) is 12.9. The number of H-pyrrole nitrogens is 1. The minimum Gasteiger partial charge on any atom is -0.331 e. The predicted molar refractivity (Wildman–Crippen MR) is 84.8 cm³/mol. The molecular weight excluding hydrogens is 272 g/mol. The van der Waals surface area contributed by atoms with Crippen molar-refractivity contribution in [1.29, 1.82) is 0 Å². The number of aromatic amines is 1. The summed E-state index contributed by atoms with van der Waals surface area (Å²) >= 11 is 7.30. The number of hydrogen-bond acceptors (Lipinski definition) is 2. The Bertz CT molecular complexity index is 786. The minimum atomic E-state index is 0.796. The van der Waals surface area contributed by atoms with E-state index in [4.69, 9.17) is 12.2 Å². The summed E-state index contributed by atoms with van der Waals surface area (Å²) in [6.45, 7) is 7.29. The van der Waals surface area contributed by atoms with Gasteiger partial charge in [-0.05, 0) is 62.3 Å². The molecule has 2 aromatic heterocycles. The van der Waals surface area contributed by atoms with Crippen molar-refractivity contribution < 1.29 is 0 Å². The highest BCUT2D eigenvalue weighted by molar-refractivity contribution is 7.71. The van der Waals surface area contributed by atoms with Crippen molar-refractivity contribution in [3.63, 3.8) is 0 Å². The third-order valence-corrected chi connectivity index (χ3v) is 4.92. The van der Waals surface area contributed by atoms with E-state index in [2.05, 4.69) is 54.6 Å². The number of aromatic nitrogens is 2. The van der Waals surface area contributed by atoms with Gasteiger partial charge in [-0.25, -0.2) is 0 Å². The number of nitrogens with zero attached hydrogens (tertiary/aromatic N) is 1. The van der Waals surface area contributed by atoms with Crippen molar-refractivity contribution in [3.8, 4) is 0 Å². The second-order valence-electron chi connectivity index (χ2n) is 4.99. The van der Waals surface area contributed by atoms with Gasteiger partial charge < -0.3 is 9.55 Å². The number of imidazole rings is 1. The smallest absolute Gasteiger partial charge is 0.178 e. The van der Waals surface area contributed by atoms with Gasteiger partial charge >= 0.3 is 0 Å². The molecule has 3 rings (SSSR count). The van der Waals surface area contributed by atoms with Crippen LogP contribution in [0.2, 0.25) is 0 Å². The van der Waals surface area contributed by atoms with E-state index in [-0.39, 0.29) is 0 Å². The van der Waals surface area contributed by atoms with Gasteiger partial charge in [0.15, 0.2) is 4.77 Å². The highest BCUT2D eigenvalue weighted by Gasteiger charge is 2.08. The Labute approximate surface area is 121 Å². The first-order valence-corrected chi connectivity index (χ1v) is 7.52. The van der Waals surface area contributed by atoms with Crippen molar-refractivity contribution in [2.45, 2.75) is 27.3 Å². The number of aryl methyl sites for hydroxylation is 3. The second-order valence-corrected chi connectivity index (χ2v) is 6.72. The van der Waals surface area contributed by atoms with Crippen LogP contribution in [0.1, 0.15) is 20.9 Å². The number of nitrogens with one attached hydrogen (secondary N) is 1. The molecule has 1 aromatic carbocycles. The normalized spacial score (nSPS) is 11.3. The lowest BCUT2D eigenvalue weighted by Gasteiger charge is -2.03. The zero-order chi connectivity index (χ0) is 13.6. The summed E-state index contributed by atoms with van der Waals surface area (Å²) in [4.78, 5) is 6.02. The minimum absolute atomic E-state index is 0.796. The SMILES string of the molecule is Cc1ccc2[nH]c(=S)n(Cc3cc(C)c(C)s3)c2c1. The third kappa shape index (κ3) is 2.26. The fourth-order valence-corrected chi connectivity index (χ4v) is 3.62. The van der Waals surface area contributed by atoms with Gasteiger partial charge in [0.05, 0.1) is 17.6 Å². The first kappa shape index (κ1) is 12.6.